The summed E-state index contributed by atoms with van der Waals surface area (Å²) in [5.74, 6) is -0.510. The molecule has 0 fully saturated rings. The van der Waals surface area contributed by atoms with Gasteiger partial charge in [0.25, 0.3) is 0 Å². The zero-order chi connectivity index (χ0) is 21.2. The van der Waals surface area contributed by atoms with E-state index < -0.39 is 6.36 Å². The fraction of sp³-hybridized carbons (Fsp3) is 0.300. The van der Waals surface area contributed by atoms with Crippen LogP contribution in [0.3, 0.4) is 0 Å². The normalized spacial score (nSPS) is 11.5. The minimum absolute atomic E-state index is 0.118. The number of nitrogens with zero attached hydrogens (tertiary/aromatic N) is 2. The number of amides is 1. The Kier molecular flexibility index (Phi) is 5.97. The number of anilines is 1. The van der Waals surface area contributed by atoms with E-state index in [1.165, 1.54) is 35.6 Å². The van der Waals surface area contributed by atoms with E-state index in [0.717, 1.165) is 26.5 Å². The van der Waals surface area contributed by atoms with Crippen LogP contribution in [0.5, 0.6) is 5.75 Å². The summed E-state index contributed by atoms with van der Waals surface area (Å²) in [4.78, 5) is 18.7. The van der Waals surface area contributed by atoms with E-state index in [9.17, 15) is 18.0 Å². The molecular weight excluding hydrogens is 403 g/mol. The molecule has 3 aromatic rings. The van der Waals surface area contributed by atoms with E-state index in [0.29, 0.717) is 5.56 Å². The monoisotopic (exact) mass is 423 g/mol. The number of thiazole rings is 1. The van der Waals surface area contributed by atoms with E-state index in [1.54, 1.807) is 11.9 Å². The number of hydrogen-bond donors (Lipinski definition) is 1. The molecule has 0 aliphatic heterocycles. The number of alkyl halides is 3. The maximum Gasteiger partial charge on any atom is 0.573 e. The molecule has 3 rings (SSSR count). The summed E-state index contributed by atoms with van der Waals surface area (Å²) >= 11 is 1.54. The van der Waals surface area contributed by atoms with Gasteiger partial charge >= 0.3 is 6.36 Å². The topological polar surface area (TPSA) is 54.5 Å². The quantitative estimate of drug-likeness (QED) is 0.631. The lowest BCUT2D eigenvalue weighted by atomic mass is 10.1. The van der Waals surface area contributed by atoms with Crippen LogP contribution in [0.25, 0.3) is 10.2 Å². The first-order valence-corrected chi connectivity index (χ1v) is 9.63. The van der Waals surface area contributed by atoms with Gasteiger partial charge in [-0.15, -0.1) is 13.2 Å². The van der Waals surface area contributed by atoms with Crippen LogP contribution in [0, 0.1) is 13.8 Å². The van der Waals surface area contributed by atoms with E-state index in [4.69, 9.17) is 0 Å². The first-order chi connectivity index (χ1) is 13.6. The van der Waals surface area contributed by atoms with Crippen molar-refractivity contribution in [1.82, 2.24) is 10.3 Å². The zero-order valence-corrected chi connectivity index (χ0v) is 16.9. The van der Waals surface area contributed by atoms with Crippen molar-refractivity contribution in [2.45, 2.75) is 26.8 Å². The largest absolute Gasteiger partial charge is 0.573 e. The SMILES string of the molecule is Cc1ccc(C)c2sc(N(C)CC(=O)NCc3ccc(OC(F)(F)F)cc3)nc12. The predicted octanol–water partition coefficient (Wildman–Crippen LogP) is 4.56. The number of aryl methyl sites for hydroxylation is 2. The summed E-state index contributed by atoms with van der Waals surface area (Å²) in [7, 11) is 1.80. The molecule has 9 heteroatoms. The van der Waals surface area contributed by atoms with Gasteiger partial charge in [0.1, 0.15) is 5.75 Å². The van der Waals surface area contributed by atoms with Gasteiger partial charge in [0.15, 0.2) is 5.13 Å². The molecule has 1 aromatic heterocycles. The Labute approximate surface area is 170 Å². The van der Waals surface area contributed by atoms with Crippen molar-refractivity contribution in [3.05, 3.63) is 53.1 Å². The second-order valence-corrected chi connectivity index (χ2v) is 7.68. The highest BCUT2D eigenvalue weighted by Gasteiger charge is 2.30. The second kappa shape index (κ2) is 8.28. The number of carbonyl (C=O) groups excluding carboxylic acids is 1. The molecule has 1 amide bonds. The van der Waals surface area contributed by atoms with Crippen LogP contribution in [0.2, 0.25) is 0 Å². The third kappa shape index (κ3) is 5.38. The van der Waals surface area contributed by atoms with Crippen LogP contribution in [0.15, 0.2) is 36.4 Å². The number of fused-ring (bicyclic) bond motifs is 1. The third-order valence-corrected chi connectivity index (χ3v) is 5.59. The number of nitrogens with one attached hydrogen (secondary N) is 1. The molecule has 0 radical (unpaired) electrons. The Balaban J connectivity index is 1.57. The van der Waals surface area contributed by atoms with Crippen LogP contribution >= 0.6 is 11.3 Å². The lowest BCUT2D eigenvalue weighted by molar-refractivity contribution is -0.274. The Hall–Kier alpha value is -2.81. The minimum atomic E-state index is -4.72. The fourth-order valence-electron chi connectivity index (χ4n) is 2.76. The molecule has 0 saturated carbocycles. The molecule has 0 atom stereocenters. The summed E-state index contributed by atoms with van der Waals surface area (Å²) < 4.78 is 41.5. The third-order valence-electron chi connectivity index (χ3n) is 4.28. The van der Waals surface area contributed by atoms with Crippen LogP contribution in [0.4, 0.5) is 18.3 Å². The molecule has 0 aliphatic carbocycles. The summed E-state index contributed by atoms with van der Waals surface area (Å²) in [5, 5.41) is 3.51. The van der Waals surface area contributed by atoms with Crippen molar-refractivity contribution in [2.75, 3.05) is 18.5 Å². The van der Waals surface area contributed by atoms with Crippen LogP contribution in [-0.2, 0) is 11.3 Å². The fourth-order valence-corrected chi connectivity index (χ4v) is 3.83. The minimum Gasteiger partial charge on any atom is -0.406 e. The van der Waals surface area contributed by atoms with Crippen molar-refractivity contribution in [2.24, 2.45) is 0 Å². The molecule has 0 bridgehead atoms. The number of ether oxygens (including phenoxy) is 1. The molecule has 0 unspecified atom stereocenters. The molecule has 2 aromatic carbocycles. The van der Waals surface area contributed by atoms with Gasteiger partial charge in [-0.25, -0.2) is 4.98 Å². The van der Waals surface area contributed by atoms with Crippen LogP contribution in [0.1, 0.15) is 16.7 Å². The van der Waals surface area contributed by atoms with Crippen molar-refractivity contribution in [3.8, 4) is 5.75 Å². The van der Waals surface area contributed by atoms with Gasteiger partial charge in [0, 0.05) is 13.6 Å². The Morgan fingerprint density at radius 2 is 1.79 bits per heavy atom. The number of benzene rings is 2. The van der Waals surface area contributed by atoms with Crippen LogP contribution in [-0.4, -0.2) is 30.8 Å². The highest BCUT2D eigenvalue weighted by molar-refractivity contribution is 7.22. The Morgan fingerprint density at radius 3 is 2.41 bits per heavy atom. The zero-order valence-electron chi connectivity index (χ0n) is 16.1. The average Bonchev–Trinajstić information content (AvgIpc) is 3.10. The van der Waals surface area contributed by atoms with Gasteiger partial charge in [-0.1, -0.05) is 35.6 Å². The van der Waals surface area contributed by atoms with Crippen molar-refractivity contribution in [3.63, 3.8) is 0 Å². The van der Waals surface area contributed by atoms with Gasteiger partial charge in [-0.05, 0) is 42.7 Å². The number of carbonyl (C=O) groups is 1. The molecule has 1 N–H and O–H groups in total. The van der Waals surface area contributed by atoms with Crippen LogP contribution < -0.4 is 15.0 Å². The highest BCUT2D eigenvalue weighted by atomic mass is 32.1. The maximum atomic E-state index is 12.3. The van der Waals surface area contributed by atoms with Crippen molar-refractivity contribution < 1.29 is 22.7 Å². The number of rotatable bonds is 6. The van der Waals surface area contributed by atoms with E-state index in [1.807, 2.05) is 19.9 Å². The second-order valence-electron chi connectivity index (χ2n) is 6.70. The Bertz CT molecular complexity index is 977. The van der Waals surface area contributed by atoms with Gasteiger partial charge in [-0.3, -0.25) is 4.79 Å². The lowest BCUT2D eigenvalue weighted by Crippen LogP contribution is -2.34. The molecular formula is C20H20F3N3O2S. The maximum absolute atomic E-state index is 12.3. The summed E-state index contributed by atoms with van der Waals surface area (Å²) in [6, 6.07) is 9.46. The summed E-state index contributed by atoms with van der Waals surface area (Å²) in [6.07, 6.45) is -4.72. The highest BCUT2D eigenvalue weighted by Crippen LogP contribution is 2.32. The first kappa shape index (κ1) is 20.9. The van der Waals surface area contributed by atoms with E-state index in [-0.39, 0.29) is 24.7 Å². The standard InChI is InChI=1S/C20H20F3N3O2S/c1-12-4-5-13(2)18-17(12)25-19(29-18)26(3)11-16(27)24-10-14-6-8-15(9-7-14)28-20(21,22)23/h4-9H,10-11H2,1-3H3,(H,24,27). The molecule has 0 aliphatic rings. The average molecular weight is 423 g/mol. The van der Waals surface area contributed by atoms with Crippen molar-refractivity contribution in [1.29, 1.82) is 0 Å². The smallest absolute Gasteiger partial charge is 0.406 e. The number of likely N-dealkylation sites (N-methyl/N-ethyl adjacent to an activating group) is 1. The molecule has 0 saturated heterocycles. The Morgan fingerprint density at radius 1 is 1.14 bits per heavy atom. The van der Waals surface area contributed by atoms with Gasteiger partial charge in [0.05, 0.1) is 16.8 Å². The summed E-state index contributed by atoms with van der Waals surface area (Å²) in [6.45, 7) is 4.36. The number of hydrogen-bond acceptors (Lipinski definition) is 5. The van der Waals surface area contributed by atoms with Gasteiger partial charge < -0.3 is 15.0 Å². The number of aromatic nitrogens is 1. The predicted molar refractivity (Wildman–Crippen MR) is 107 cm³/mol. The van der Waals surface area contributed by atoms with Gasteiger partial charge in [-0.2, -0.15) is 0 Å². The van der Waals surface area contributed by atoms with E-state index >= 15 is 0 Å². The summed E-state index contributed by atoms with van der Waals surface area (Å²) in [5.41, 5.74) is 3.84. The molecule has 154 valence electrons. The number of halogens is 3. The van der Waals surface area contributed by atoms with Crippen molar-refractivity contribution >= 4 is 32.6 Å². The first-order valence-electron chi connectivity index (χ1n) is 8.81. The van der Waals surface area contributed by atoms with E-state index in [2.05, 4.69) is 21.1 Å². The molecule has 1 heterocycles. The van der Waals surface area contributed by atoms with Gasteiger partial charge in [0.2, 0.25) is 5.91 Å². The molecule has 0 spiro atoms. The molecule has 29 heavy (non-hydrogen) atoms. The lowest BCUT2D eigenvalue weighted by Gasteiger charge is -2.15. The molecule has 5 nitrogen and oxygen atoms in total.